The molecular weight excluding hydrogens is 384 g/mol. The summed E-state index contributed by atoms with van der Waals surface area (Å²) in [7, 11) is -0.150. The largest absolute Gasteiger partial charge is 0.311 e. The molecule has 3 rings (SSSR count). The highest BCUT2D eigenvalue weighted by Crippen LogP contribution is 2.27. The summed E-state index contributed by atoms with van der Waals surface area (Å²) in [5, 5.41) is 0. The molecule has 0 heterocycles. The van der Waals surface area contributed by atoms with Crippen molar-refractivity contribution < 1.29 is 13.2 Å². The molecular formula is C23H30N2O3S. The number of amides is 1. The molecule has 5 nitrogen and oxygen atoms in total. The van der Waals surface area contributed by atoms with E-state index in [0.717, 1.165) is 42.5 Å². The quantitative estimate of drug-likeness (QED) is 0.722. The van der Waals surface area contributed by atoms with E-state index >= 15 is 0 Å². The van der Waals surface area contributed by atoms with Crippen LogP contribution >= 0.6 is 0 Å². The lowest BCUT2D eigenvalue weighted by Crippen LogP contribution is -2.38. The first-order chi connectivity index (χ1) is 13.7. The molecule has 0 N–H and O–H groups in total. The normalized spacial score (nSPS) is 15.5. The Balaban J connectivity index is 1.80. The van der Waals surface area contributed by atoms with Crippen LogP contribution < -0.4 is 4.90 Å². The van der Waals surface area contributed by atoms with Crippen molar-refractivity contribution in [3.8, 4) is 0 Å². The van der Waals surface area contributed by atoms with Gasteiger partial charge in [0, 0.05) is 31.4 Å². The van der Waals surface area contributed by atoms with Crippen LogP contribution in [0.5, 0.6) is 0 Å². The Bertz CT molecular complexity index is 978. The topological polar surface area (TPSA) is 57.7 Å². The number of rotatable bonds is 5. The number of hydrogen-bond donors (Lipinski definition) is 0. The molecule has 0 atom stereocenters. The average Bonchev–Trinajstić information content (AvgIpc) is 2.74. The second-order valence-corrected chi connectivity index (χ2v) is 9.92. The number of nitrogens with zero attached hydrogens (tertiary/aromatic N) is 2. The van der Waals surface area contributed by atoms with Crippen LogP contribution in [0.25, 0.3) is 0 Å². The third-order valence-corrected chi connectivity index (χ3v) is 8.03. The van der Waals surface area contributed by atoms with E-state index in [2.05, 4.69) is 0 Å². The summed E-state index contributed by atoms with van der Waals surface area (Å²) in [6.07, 6.45) is 5.14. The van der Waals surface area contributed by atoms with Gasteiger partial charge in [-0.15, -0.1) is 0 Å². The Labute approximate surface area is 174 Å². The zero-order valence-electron chi connectivity index (χ0n) is 17.7. The minimum Gasteiger partial charge on any atom is -0.311 e. The van der Waals surface area contributed by atoms with Crippen LogP contribution in [0.2, 0.25) is 0 Å². The number of sulfonamides is 1. The molecule has 0 saturated heterocycles. The molecule has 1 amide bonds. The molecule has 0 aromatic heterocycles. The Morgan fingerprint density at radius 3 is 2.17 bits per heavy atom. The first kappa shape index (κ1) is 21.5. The van der Waals surface area contributed by atoms with Gasteiger partial charge in [-0.25, -0.2) is 8.42 Å². The van der Waals surface area contributed by atoms with Crippen LogP contribution in [0.1, 0.15) is 53.6 Å². The van der Waals surface area contributed by atoms with E-state index < -0.39 is 10.0 Å². The maximum atomic E-state index is 13.0. The SMILES string of the molecule is Cc1cccc(N(C)C(=O)c2ccc(S(=O)(=O)N(C)C3CCCCC3)cc2)c1C. The molecule has 0 aliphatic heterocycles. The molecule has 2 aromatic carbocycles. The Kier molecular flexibility index (Phi) is 6.44. The van der Waals surface area contributed by atoms with Gasteiger partial charge < -0.3 is 4.90 Å². The van der Waals surface area contributed by atoms with Crippen molar-refractivity contribution in [1.82, 2.24) is 4.31 Å². The summed E-state index contributed by atoms with van der Waals surface area (Å²) in [4.78, 5) is 14.8. The van der Waals surface area contributed by atoms with Crippen molar-refractivity contribution in [3.63, 3.8) is 0 Å². The molecule has 1 aliphatic rings. The van der Waals surface area contributed by atoms with Crippen molar-refractivity contribution in [1.29, 1.82) is 0 Å². The number of aryl methyl sites for hydroxylation is 1. The average molecular weight is 415 g/mol. The van der Waals surface area contributed by atoms with Gasteiger partial charge in [0.25, 0.3) is 5.91 Å². The van der Waals surface area contributed by atoms with Gasteiger partial charge in [0.05, 0.1) is 4.90 Å². The summed E-state index contributed by atoms with van der Waals surface area (Å²) < 4.78 is 27.5. The summed E-state index contributed by atoms with van der Waals surface area (Å²) in [5.41, 5.74) is 3.49. The van der Waals surface area contributed by atoms with Gasteiger partial charge in [0.1, 0.15) is 0 Å². The highest BCUT2D eigenvalue weighted by atomic mass is 32.2. The Morgan fingerprint density at radius 2 is 1.55 bits per heavy atom. The fourth-order valence-corrected chi connectivity index (χ4v) is 5.39. The predicted molar refractivity (Wildman–Crippen MR) is 117 cm³/mol. The summed E-state index contributed by atoms with van der Waals surface area (Å²) in [6, 6.07) is 12.2. The van der Waals surface area contributed by atoms with E-state index in [9.17, 15) is 13.2 Å². The van der Waals surface area contributed by atoms with Crippen molar-refractivity contribution in [2.45, 2.75) is 56.9 Å². The number of carbonyl (C=O) groups excluding carboxylic acids is 1. The molecule has 0 spiro atoms. The second kappa shape index (κ2) is 8.67. The Morgan fingerprint density at radius 1 is 0.931 bits per heavy atom. The van der Waals surface area contributed by atoms with E-state index in [1.54, 1.807) is 43.3 Å². The van der Waals surface area contributed by atoms with Gasteiger partial charge in [-0.3, -0.25) is 4.79 Å². The third-order valence-electron chi connectivity index (χ3n) is 6.11. The van der Waals surface area contributed by atoms with Crippen LogP contribution in [-0.4, -0.2) is 38.8 Å². The summed E-state index contributed by atoms with van der Waals surface area (Å²) in [6.45, 7) is 4.00. The van der Waals surface area contributed by atoms with E-state index in [1.165, 1.54) is 10.7 Å². The third kappa shape index (κ3) is 4.38. The lowest BCUT2D eigenvalue weighted by atomic mass is 9.96. The molecule has 0 unspecified atom stereocenters. The molecule has 2 aromatic rings. The van der Waals surface area contributed by atoms with E-state index in [-0.39, 0.29) is 16.8 Å². The molecule has 1 fully saturated rings. The zero-order valence-corrected chi connectivity index (χ0v) is 18.5. The van der Waals surface area contributed by atoms with E-state index in [0.29, 0.717) is 5.56 Å². The fourth-order valence-electron chi connectivity index (χ4n) is 3.98. The van der Waals surface area contributed by atoms with Crippen LogP contribution in [0.3, 0.4) is 0 Å². The van der Waals surface area contributed by atoms with Crippen LogP contribution in [0.4, 0.5) is 5.69 Å². The van der Waals surface area contributed by atoms with E-state index in [4.69, 9.17) is 0 Å². The number of anilines is 1. The minimum absolute atomic E-state index is 0.0606. The zero-order chi connectivity index (χ0) is 21.2. The molecule has 1 aliphatic carbocycles. The first-order valence-corrected chi connectivity index (χ1v) is 11.6. The van der Waals surface area contributed by atoms with Gasteiger partial charge in [-0.05, 0) is 68.1 Å². The van der Waals surface area contributed by atoms with Gasteiger partial charge >= 0.3 is 0 Å². The van der Waals surface area contributed by atoms with Gasteiger partial charge in [0.15, 0.2) is 0 Å². The van der Waals surface area contributed by atoms with Crippen LogP contribution in [-0.2, 0) is 10.0 Å². The number of carbonyl (C=O) groups is 1. The van der Waals surface area contributed by atoms with Crippen molar-refractivity contribution in [2.24, 2.45) is 0 Å². The van der Waals surface area contributed by atoms with Crippen molar-refractivity contribution >= 4 is 21.6 Å². The number of benzene rings is 2. The minimum atomic E-state index is -3.56. The lowest BCUT2D eigenvalue weighted by Gasteiger charge is -2.30. The Hall–Kier alpha value is -2.18. The van der Waals surface area contributed by atoms with E-state index in [1.807, 2.05) is 32.0 Å². The monoisotopic (exact) mass is 414 g/mol. The highest BCUT2D eigenvalue weighted by Gasteiger charge is 2.29. The maximum Gasteiger partial charge on any atom is 0.258 e. The maximum absolute atomic E-state index is 13.0. The number of hydrogen-bond acceptors (Lipinski definition) is 3. The standard InChI is InChI=1S/C23H30N2O3S/c1-17-9-8-12-22(18(17)2)24(3)23(26)19-13-15-21(16-14-19)29(27,28)25(4)20-10-6-5-7-11-20/h8-9,12-16,20H,5-7,10-11H2,1-4H3. The molecule has 29 heavy (non-hydrogen) atoms. The van der Waals surface area contributed by atoms with Crippen LogP contribution in [0, 0.1) is 13.8 Å². The molecule has 6 heteroatoms. The molecule has 0 bridgehead atoms. The summed E-state index contributed by atoms with van der Waals surface area (Å²) in [5.74, 6) is -0.164. The van der Waals surface area contributed by atoms with Crippen molar-refractivity contribution in [3.05, 3.63) is 59.2 Å². The van der Waals surface area contributed by atoms with Crippen molar-refractivity contribution in [2.75, 3.05) is 19.0 Å². The van der Waals surface area contributed by atoms with Gasteiger partial charge in [0.2, 0.25) is 10.0 Å². The summed E-state index contributed by atoms with van der Waals surface area (Å²) >= 11 is 0. The lowest BCUT2D eigenvalue weighted by molar-refractivity contribution is 0.0992. The fraction of sp³-hybridized carbons (Fsp3) is 0.435. The first-order valence-electron chi connectivity index (χ1n) is 10.2. The predicted octanol–water partition coefficient (Wildman–Crippen LogP) is 4.53. The van der Waals surface area contributed by atoms with Gasteiger partial charge in [-0.1, -0.05) is 31.4 Å². The molecule has 156 valence electrons. The smallest absolute Gasteiger partial charge is 0.258 e. The molecule has 0 radical (unpaired) electrons. The second-order valence-electron chi connectivity index (χ2n) is 7.92. The molecule has 1 saturated carbocycles. The van der Waals surface area contributed by atoms with Gasteiger partial charge in [-0.2, -0.15) is 4.31 Å². The van der Waals surface area contributed by atoms with Crippen LogP contribution in [0.15, 0.2) is 47.4 Å². The highest BCUT2D eigenvalue weighted by molar-refractivity contribution is 7.89.